The highest BCUT2D eigenvalue weighted by Gasteiger charge is 2.31. The zero-order valence-corrected chi connectivity index (χ0v) is 18.2. The maximum absolute atomic E-state index is 11.3. The first-order valence-electron chi connectivity index (χ1n) is 10.4. The van der Waals surface area contributed by atoms with Crippen LogP contribution in [0.15, 0.2) is 36.4 Å². The lowest BCUT2D eigenvalue weighted by Crippen LogP contribution is -2.25. The molecular formula is C24H33N3O2. The van der Waals surface area contributed by atoms with Gasteiger partial charge in [-0.3, -0.25) is 0 Å². The molecule has 2 aromatic carbocycles. The van der Waals surface area contributed by atoms with Crippen molar-refractivity contribution in [3.8, 4) is 11.4 Å². The predicted molar refractivity (Wildman–Crippen MR) is 118 cm³/mol. The van der Waals surface area contributed by atoms with Gasteiger partial charge in [0.05, 0.1) is 0 Å². The number of unbranched alkanes of at least 4 members (excludes halogenated alkanes) is 1. The van der Waals surface area contributed by atoms with Gasteiger partial charge in [0.15, 0.2) is 0 Å². The number of hydrogen-bond donors (Lipinski definition) is 2. The molecule has 1 heterocycles. The quantitative estimate of drug-likeness (QED) is 0.542. The molecule has 29 heavy (non-hydrogen) atoms. The van der Waals surface area contributed by atoms with Crippen LogP contribution in [0.25, 0.3) is 16.7 Å². The van der Waals surface area contributed by atoms with Crippen LogP contribution in [0.5, 0.6) is 5.75 Å². The van der Waals surface area contributed by atoms with E-state index in [4.69, 9.17) is 5.11 Å². The van der Waals surface area contributed by atoms with Crippen LogP contribution < -0.4 is 0 Å². The molecule has 5 heteroatoms. The van der Waals surface area contributed by atoms with Gasteiger partial charge in [-0.1, -0.05) is 52.8 Å². The second kappa shape index (κ2) is 8.15. The molecule has 0 aliphatic carbocycles. The van der Waals surface area contributed by atoms with E-state index < -0.39 is 0 Å². The molecule has 0 saturated carbocycles. The monoisotopic (exact) mass is 395 g/mol. The molecule has 0 amide bonds. The van der Waals surface area contributed by atoms with Gasteiger partial charge >= 0.3 is 0 Å². The summed E-state index contributed by atoms with van der Waals surface area (Å²) in [5, 5.41) is 29.6. The number of phenolic OH excluding ortho intramolecular Hbond substituents is 1. The number of phenols is 1. The van der Waals surface area contributed by atoms with Crippen molar-refractivity contribution in [1.82, 2.24) is 15.0 Å². The summed E-state index contributed by atoms with van der Waals surface area (Å²) in [6.07, 6.45) is 3.43. The molecule has 0 radical (unpaired) electrons. The number of aromatic nitrogens is 3. The molecule has 5 nitrogen and oxygen atoms in total. The van der Waals surface area contributed by atoms with Gasteiger partial charge in [0.25, 0.3) is 0 Å². The molecule has 0 atom stereocenters. The number of aliphatic hydroxyl groups excluding tert-OH is 1. The van der Waals surface area contributed by atoms with Crippen molar-refractivity contribution in [3.05, 3.63) is 47.5 Å². The fourth-order valence-corrected chi connectivity index (χ4v) is 4.32. The predicted octanol–water partition coefficient (Wildman–Crippen LogP) is 5.15. The Hall–Kier alpha value is -2.40. The molecule has 0 bridgehead atoms. The molecule has 2 N–H and O–H groups in total. The second-order valence-corrected chi connectivity index (χ2v) is 9.79. The minimum absolute atomic E-state index is 0.127. The zero-order valence-electron chi connectivity index (χ0n) is 18.2. The molecule has 3 rings (SSSR count). The largest absolute Gasteiger partial charge is 0.505 e. The highest BCUT2D eigenvalue weighted by molar-refractivity contribution is 5.73. The highest BCUT2D eigenvalue weighted by Crippen LogP contribution is 2.42. The first-order chi connectivity index (χ1) is 13.6. The molecule has 0 fully saturated rings. The SMILES string of the molecule is CC(C)(C)CC(C)(C)c1cc(CCCCO)cc(-n2nc3ccccc3n2)c1O. The van der Waals surface area contributed by atoms with Crippen LogP contribution >= 0.6 is 0 Å². The Morgan fingerprint density at radius 2 is 1.55 bits per heavy atom. The van der Waals surface area contributed by atoms with E-state index in [9.17, 15) is 5.11 Å². The second-order valence-electron chi connectivity index (χ2n) is 9.79. The van der Waals surface area contributed by atoms with E-state index in [2.05, 4.69) is 50.9 Å². The summed E-state index contributed by atoms with van der Waals surface area (Å²) in [6, 6.07) is 11.8. The van der Waals surface area contributed by atoms with E-state index >= 15 is 0 Å². The fourth-order valence-electron chi connectivity index (χ4n) is 4.32. The van der Waals surface area contributed by atoms with E-state index in [1.54, 1.807) is 4.80 Å². The third-order valence-electron chi connectivity index (χ3n) is 5.23. The van der Waals surface area contributed by atoms with Gasteiger partial charge in [-0.05, 0) is 60.3 Å². The number of aliphatic hydroxyl groups is 1. The molecule has 0 spiro atoms. The lowest BCUT2D eigenvalue weighted by molar-refractivity contribution is 0.277. The van der Waals surface area contributed by atoms with E-state index in [0.29, 0.717) is 5.69 Å². The molecule has 0 saturated heterocycles. The van der Waals surface area contributed by atoms with E-state index in [1.165, 1.54) is 0 Å². The van der Waals surface area contributed by atoms with Crippen molar-refractivity contribution in [2.75, 3.05) is 6.61 Å². The summed E-state index contributed by atoms with van der Waals surface area (Å²) in [7, 11) is 0. The minimum atomic E-state index is -0.212. The summed E-state index contributed by atoms with van der Waals surface area (Å²) >= 11 is 0. The summed E-state index contributed by atoms with van der Waals surface area (Å²) in [5.74, 6) is 0.241. The lowest BCUT2D eigenvalue weighted by Gasteiger charge is -2.34. The Bertz CT molecular complexity index is 950. The third-order valence-corrected chi connectivity index (χ3v) is 5.23. The van der Waals surface area contributed by atoms with Crippen LogP contribution in [0.1, 0.15) is 65.0 Å². The maximum atomic E-state index is 11.3. The first kappa shape index (κ1) is 21.3. The number of fused-ring (bicyclic) bond motifs is 1. The number of aryl methyl sites for hydroxylation is 1. The fraction of sp³-hybridized carbons (Fsp3) is 0.500. The van der Waals surface area contributed by atoms with E-state index in [1.807, 2.05) is 30.3 Å². The van der Waals surface area contributed by atoms with Gasteiger partial charge < -0.3 is 10.2 Å². The minimum Gasteiger partial charge on any atom is -0.505 e. The van der Waals surface area contributed by atoms with Crippen molar-refractivity contribution in [2.45, 2.75) is 65.7 Å². The van der Waals surface area contributed by atoms with Crippen LogP contribution in [0, 0.1) is 5.41 Å². The van der Waals surface area contributed by atoms with E-state index in [-0.39, 0.29) is 23.2 Å². The Morgan fingerprint density at radius 1 is 0.931 bits per heavy atom. The van der Waals surface area contributed by atoms with Crippen molar-refractivity contribution >= 4 is 11.0 Å². The molecule has 0 aliphatic rings. The Balaban J connectivity index is 2.12. The Labute approximate surface area is 173 Å². The standard InChI is InChI=1S/C24H33N3O2/c1-23(2,3)16-24(4,5)18-14-17(10-8-9-13-28)15-21(22(18)29)27-25-19-11-6-7-12-20(19)26-27/h6-7,11-12,14-15,28-29H,8-10,13,16H2,1-5H3. The molecule has 0 aliphatic heterocycles. The Kier molecular flexibility index (Phi) is 5.99. The average molecular weight is 396 g/mol. The van der Waals surface area contributed by atoms with Crippen LogP contribution in [0.4, 0.5) is 0 Å². The summed E-state index contributed by atoms with van der Waals surface area (Å²) in [4.78, 5) is 1.55. The number of rotatable bonds is 7. The number of hydrogen-bond acceptors (Lipinski definition) is 4. The number of nitrogens with zero attached hydrogens (tertiary/aromatic N) is 3. The lowest BCUT2D eigenvalue weighted by atomic mass is 9.71. The van der Waals surface area contributed by atoms with Crippen molar-refractivity contribution < 1.29 is 10.2 Å². The average Bonchev–Trinajstić information content (AvgIpc) is 3.04. The normalized spacial score (nSPS) is 12.6. The van der Waals surface area contributed by atoms with Gasteiger partial charge in [-0.15, -0.1) is 15.0 Å². The number of benzene rings is 2. The van der Waals surface area contributed by atoms with Crippen molar-refractivity contribution in [1.29, 1.82) is 0 Å². The molecular weight excluding hydrogens is 362 g/mol. The molecule has 0 unspecified atom stereocenters. The smallest absolute Gasteiger partial charge is 0.146 e. The van der Waals surface area contributed by atoms with Gasteiger partial charge in [-0.2, -0.15) is 0 Å². The van der Waals surface area contributed by atoms with Crippen LogP contribution in [-0.2, 0) is 11.8 Å². The highest BCUT2D eigenvalue weighted by atomic mass is 16.3. The molecule has 1 aromatic heterocycles. The third kappa shape index (κ3) is 4.96. The topological polar surface area (TPSA) is 71.2 Å². The van der Waals surface area contributed by atoms with Crippen LogP contribution in [0.2, 0.25) is 0 Å². The molecule has 156 valence electrons. The summed E-state index contributed by atoms with van der Waals surface area (Å²) in [5.41, 5.74) is 4.17. The van der Waals surface area contributed by atoms with Crippen LogP contribution in [-0.4, -0.2) is 31.8 Å². The van der Waals surface area contributed by atoms with Gasteiger partial charge in [0, 0.05) is 12.2 Å². The summed E-state index contributed by atoms with van der Waals surface area (Å²) < 4.78 is 0. The van der Waals surface area contributed by atoms with Gasteiger partial charge in [-0.25, -0.2) is 0 Å². The summed E-state index contributed by atoms with van der Waals surface area (Å²) in [6.45, 7) is 11.2. The Morgan fingerprint density at radius 3 is 2.10 bits per heavy atom. The van der Waals surface area contributed by atoms with Crippen LogP contribution in [0.3, 0.4) is 0 Å². The first-order valence-corrected chi connectivity index (χ1v) is 10.4. The van der Waals surface area contributed by atoms with Crippen molar-refractivity contribution in [3.63, 3.8) is 0 Å². The number of aromatic hydroxyl groups is 1. The molecule has 3 aromatic rings. The van der Waals surface area contributed by atoms with E-state index in [0.717, 1.165) is 47.8 Å². The van der Waals surface area contributed by atoms with Gasteiger partial charge in [0.1, 0.15) is 22.5 Å². The zero-order chi connectivity index (χ0) is 21.2. The maximum Gasteiger partial charge on any atom is 0.146 e. The van der Waals surface area contributed by atoms with Crippen molar-refractivity contribution in [2.24, 2.45) is 5.41 Å². The van der Waals surface area contributed by atoms with Gasteiger partial charge in [0.2, 0.25) is 0 Å².